The third-order valence-electron chi connectivity index (χ3n) is 7.78. The van der Waals surface area contributed by atoms with Crippen molar-refractivity contribution in [3.05, 3.63) is 118 Å². The fourth-order valence-electron chi connectivity index (χ4n) is 5.66. The summed E-state index contributed by atoms with van der Waals surface area (Å²) in [4.78, 5) is 2.60. The molecule has 0 bridgehead atoms. The number of aliphatic hydroxyl groups is 1. The van der Waals surface area contributed by atoms with Crippen LogP contribution in [0, 0.1) is 0 Å². The second-order valence-corrected chi connectivity index (χ2v) is 10.3. The molecule has 0 saturated heterocycles. The largest absolute Gasteiger partial charge is 0.507 e. The van der Waals surface area contributed by atoms with Gasteiger partial charge in [-0.15, -0.1) is 0 Å². The normalized spacial score (nSPS) is 15.8. The van der Waals surface area contributed by atoms with Gasteiger partial charge in [0.2, 0.25) is 0 Å². The van der Waals surface area contributed by atoms with E-state index in [0.717, 1.165) is 36.0 Å². The third kappa shape index (κ3) is 5.91. The third-order valence-corrected chi connectivity index (χ3v) is 7.78. The standard InChI is InChI=1S/C35H39NO/c1-3-26-13-17-29(18-14-26)31(25-34(37)30-19-15-27(4-2)16-20-30)10-6-5-9-28-23-32-11-7-21-36-22-8-12-33(24-28)35(32)36/h5,9-10,13-20,23-25,37H,3-4,6-8,11-12,21-22H2,1-2H3/b9-5+,31-10+,34-25-. The zero-order valence-electron chi connectivity index (χ0n) is 22.3. The molecular weight excluding hydrogens is 450 g/mol. The van der Waals surface area contributed by atoms with Gasteiger partial charge in [-0.3, -0.25) is 0 Å². The number of aryl methyl sites for hydroxylation is 4. The summed E-state index contributed by atoms with van der Waals surface area (Å²) in [6, 6.07) is 21.7. The summed E-state index contributed by atoms with van der Waals surface area (Å²) < 4.78 is 0. The van der Waals surface area contributed by atoms with Crippen molar-refractivity contribution in [3.63, 3.8) is 0 Å². The molecule has 190 valence electrons. The second-order valence-electron chi connectivity index (χ2n) is 10.3. The molecule has 2 aliphatic rings. The maximum absolute atomic E-state index is 10.9. The van der Waals surface area contributed by atoms with E-state index in [1.165, 1.54) is 72.3 Å². The maximum atomic E-state index is 10.9. The molecule has 3 aromatic carbocycles. The van der Waals surface area contributed by atoms with E-state index in [9.17, 15) is 5.11 Å². The highest BCUT2D eigenvalue weighted by molar-refractivity contribution is 5.81. The number of allylic oxidation sites excluding steroid dienone is 4. The number of rotatable bonds is 8. The lowest BCUT2D eigenvalue weighted by Gasteiger charge is -2.37. The minimum Gasteiger partial charge on any atom is -0.507 e. The summed E-state index contributed by atoms with van der Waals surface area (Å²) in [5, 5.41) is 10.9. The molecule has 3 aromatic rings. The van der Waals surface area contributed by atoms with Crippen LogP contribution in [0.15, 0.2) is 78.9 Å². The lowest BCUT2D eigenvalue weighted by molar-refractivity contribution is 0.512. The van der Waals surface area contributed by atoms with Gasteiger partial charge >= 0.3 is 0 Å². The highest BCUT2D eigenvalue weighted by Gasteiger charge is 2.23. The fourth-order valence-corrected chi connectivity index (χ4v) is 5.66. The Hall–Kier alpha value is -3.52. The van der Waals surface area contributed by atoms with Crippen LogP contribution in [0.1, 0.15) is 72.1 Å². The average molecular weight is 490 g/mol. The fraction of sp³-hybridized carbons (Fsp3) is 0.314. The van der Waals surface area contributed by atoms with Crippen LogP contribution in [0.5, 0.6) is 0 Å². The summed E-state index contributed by atoms with van der Waals surface area (Å²) in [6.45, 7) is 6.75. The molecule has 2 nitrogen and oxygen atoms in total. The summed E-state index contributed by atoms with van der Waals surface area (Å²) in [6.07, 6.45) is 16.4. The second kappa shape index (κ2) is 11.7. The lowest BCUT2D eigenvalue weighted by Crippen LogP contribution is -2.34. The van der Waals surface area contributed by atoms with E-state index in [1.54, 1.807) is 0 Å². The van der Waals surface area contributed by atoms with Gasteiger partial charge in [0.05, 0.1) is 0 Å². The molecule has 5 rings (SSSR count). The van der Waals surface area contributed by atoms with Gasteiger partial charge in [0.1, 0.15) is 5.76 Å². The lowest BCUT2D eigenvalue weighted by atomic mass is 9.90. The molecule has 0 aliphatic carbocycles. The number of hydrogen-bond acceptors (Lipinski definition) is 2. The Kier molecular flexibility index (Phi) is 7.94. The maximum Gasteiger partial charge on any atom is 0.123 e. The van der Waals surface area contributed by atoms with Crippen molar-refractivity contribution >= 4 is 23.1 Å². The van der Waals surface area contributed by atoms with Crippen molar-refractivity contribution in [3.8, 4) is 0 Å². The molecule has 0 atom stereocenters. The van der Waals surface area contributed by atoms with Crippen LogP contribution in [0.25, 0.3) is 17.4 Å². The van der Waals surface area contributed by atoms with Crippen molar-refractivity contribution in [1.82, 2.24) is 0 Å². The van der Waals surface area contributed by atoms with Crippen LogP contribution >= 0.6 is 0 Å². The summed E-state index contributed by atoms with van der Waals surface area (Å²) in [5.74, 6) is 0.302. The van der Waals surface area contributed by atoms with Crippen LogP contribution < -0.4 is 4.90 Å². The topological polar surface area (TPSA) is 23.5 Å². The van der Waals surface area contributed by atoms with Gasteiger partial charge in [-0.2, -0.15) is 0 Å². The molecule has 2 aliphatic heterocycles. The smallest absolute Gasteiger partial charge is 0.123 e. The first-order chi connectivity index (χ1) is 18.1. The molecule has 0 saturated carbocycles. The van der Waals surface area contributed by atoms with Crippen molar-refractivity contribution in [2.24, 2.45) is 0 Å². The van der Waals surface area contributed by atoms with Crippen molar-refractivity contribution in [1.29, 1.82) is 0 Å². The number of benzene rings is 3. The first kappa shape index (κ1) is 25.1. The van der Waals surface area contributed by atoms with Crippen molar-refractivity contribution < 1.29 is 5.11 Å². The molecule has 37 heavy (non-hydrogen) atoms. The first-order valence-electron chi connectivity index (χ1n) is 14.0. The highest BCUT2D eigenvalue weighted by Crippen LogP contribution is 2.36. The minimum absolute atomic E-state index is 0.302. The quantitative estimate of drug-likeness (QED) is 0.253. The van der Waals surface area contributed by atoms with E-state index >= 15 is 0 Å². The van der Waals surface area contributed by atoms with Crippen LogP contribution in [0.4, 0.5) is 5.69 Å². The van der Waals surface area contributed by atoms with E-state index in [-0.39, 0.29) is 0 Å². The first-order valence-corrected chi connectivity index (χ1v) is 14.0. The molecule has 2 heteroatoms. The van der Waals surface area contributed by atoms with E-state index in [2.05, 4.69) is 85.5 Å². The number of aliphatic hydroxyl groups excluding tert-OH is 1. The molecule has 2 heterocycles. The summed E-state index contributed by atoms with van der Waals surface area (Å²) in [7, 11) is 0. The van der Waals surface area contributed by atoms with E-state index in [4.69, 9.17) is 0 Å². The van der Waals surface area contributed by atoms with Crippen LogP contribution in [0.3, 0.4) is 0 Å². The number of anilines is 1. The predicted molar refractivity (Wildman–Crippen MR) is 159 cm³/mol. The Morgan fingerprint density at radius 2 is 1.38 bits per heavy atom. The monoisotopic (exact) mass is 489 g/mol. The highest BCUT2D eigenvalue weighted by atomic mass is 16.3. The van der Waals surface area contributed by atoms with Crippen molar-refractivity contribution in [2.45, 2.75) is 58.8 Å². The van der Waals surface area contributed by atoms with E-state index in [1.807, 2.05) is 18.2 Å². The average Bonchev–Trinajstić information content (AvgIpc) is 2.95. The minimum atomic E-state index is 0.302. The number of hydrogen-bond donors (Lipinski definition) is 1. The molecule has 0 radical (unpaired) electrons. The van der Waals surface area contributed by atoms with Gasteiger partial charge < -0.3 is 10.0 Å². The number of nitrogens with zero attached hydrogens (tertiary/aromatic N) is 1. The van der Waals surface area contributed by atoms with Gasteiger partial charge in [0, 0.05) is 24.3 Å². The molecule has 0 fully saturated rings. The van der Waals surface area contributed by atoms with Gasteiger partial charge in [0.15, 0.2) is 0 Å². The SMILES string of the molecule is CCc1ccc(/C(O)=C/C(=C\C/C=C/c2cc3c4c(c2)CCCN4CCC3)c2ccc(CC)cc2)cc1. The van der Waals surface area contributed by atoms with Gasteiger partial charge in [-0.05, 0) is 102 Å². The van der Waals surface area contributed by atoms with E-state index < -0.39 is 0 Å². The Morgan fingerprint density at radius 1 is 0.811 bits per heavy atom. The van der Waals surface area contributed by atoms with Crippen molar-refractivity contribution in [2.75, 3.05) is 18.0 Å². The zero-order chi connectivity index (χ0) is 25.6. The molecule has 0 spiro atoms. The molecule has 0 amide bonds. The Balaban J connectivity index is 1.39. The van der Waals surface area contributed by atoms with Crippen LogP contribution in [0.2, 0.25) is 0 Å². The Morgan fingerprint density at radius 3 is 1.95 bits per heavy atom. The molecular formula is C35H39NO. The van der Waals surface area contributed by atoms with Gasteiger partial charge in [-0.25, -0.2) is 0 Å². The summed E-state index contributed by atoms with van der Waals surface area (Å²) in [5.41, 5.74) is 11.5. The zero-order valence-corrected chi connectivity index (χ0v) is 22.3. The predicted octanol–water partition coefficient (Wildman–Crippen LogP) is 8.60. The van der Waals surface area contributed by atoms with Crippen LogP contribution in [-0.4, -0.2) is 18.2 Å². The van der Waals surface area contributed by atoms with Gasteiger partial charge in [-0.1, -0.05) is 80.6 Å². The molecule has 0 unspecified atom stereocenters. The Labute approximate surface area is 222 Å². The molecule has 0 aromatic heterocycles. The summed E-state index contributed by atoms with van der Waals surface area (Å²) >= 11 is 0. The van der Waals surface area contributed by atoms with E-state index in [0.29, 0.717) is 5.76 Å². The van der Waals surface area contributed by atoms with Crippen LogP contribution in [-0.2, 0) is 25.7 Å². The molecule has 1 N–H and O–H groups in total. The Bertz CT molecular complexity index is 1280. The van der Waals surface area contributed by atoms with Gasteiger partial charge in [0.25, 0.3) is 0 Å².